The topological polar surface area (TPSA) is 33.3 Å². The molecule has 0 aromatic carbocycles. The summed E-state index contributed by atoms with van der Waals surface area (Å²) in [5.74, 6) is 0. The fraction of sp³-hybridized carbons (Fsp3) is 1.00. The van der Waals surface area contributed by atoms with E-state index in [2.05, 4.69) is 24.5 Å². The van der Waals surface area contributed by atoms with Crippen molar-refractivity contribution in [2.45, 2.75) is 51.7 Å². The van der Waals surface area contributed by atoms with Crippen LogP contribution in [0.25, 0.3) is 0 Å². The lowest BCUT2D eigenvalue weighted by atomic mass is 10.1. The molecule has 0 amide bonds. The average molecular weight is 214 g/mol. The van der Waals surface area contributed by atoms with E-state index in [-0.39, 0.29) is 0 Å². The van der Waals surface area contributed by atoms with Crippen molar-refractivity contribution in [3.8, 4) is 0 Å². The normalized spacial score (nSPS) is 23.0. The monoisotopic (exact) mass is 214 g/mol. The van der Waals surface area contributed by atoms with E-state index in [1.807, 2.05) is 0 Å². The van der Waals surface area contributed by atoms with Crippen molar-refractivity contribution in [3.63, 3.8) is 0 Å². The van der Waals surface area contributed by atoms with E-state index in [1.54, 1.807) is 0 Å². The lowest BCUT2D eigenvalue weighted by Crippen LogP contribution is -2.31. The molecule has 1 atom stereocenters. The highest BCUT2D eigenvalue weighted by molar-refractivity contribution is 4.72. The molecule has 0 spiro atoms. The highest BCUT2D eigenvalue weighted by Crippen LogP contribution is 2.04. The van der Waals surface area contributed by atoms with Crippen molar-refractivity contribution in [2.24, 2.45) is 0 Å². The molecule has 1 aliphatic rings. The summed E-state index contributed by atoms with van der Waals surface area (Å²) in [7, 11) is 0. The summed E-state index contributed by atoms with van der Waals surface area (Å²) in [6.45, 7) is 8.51. The van der Waals surface area contributed by atoms with Gasteiger partial charge in [0.05, 0.1) is 6.10 Å². The molecule has 0 bridgehead atoms. The second-order valence-electron chi connectivity index (χ2n) is 4.61. The molecule has 15 heavy (non-hydrogen) atoms. The maximum Gasteiger partial charge on any atom is 0.0518 e. The van der Waals surface area contributed by atoms with E-state index in [4.69, 9.17) is 4.74 Å². The fourth-order valence-corrected chi connectivity index (χ4v) is 1.92. The molecular formula is C12H26N2O. The summed E-state index contributed by atoms with van der Waals surface area (Å²) < 4.78 is 5.50. The molecule has 1 saturated heterocycles. The molecule has 0 saturated carbocycles. The van der Waals surface area contributed by atoms with Crippen molar-refractivity contribution < 1.29 is 4.74 Å². The number of rotatable bonds is 6. The molecule has 0 aromatic heterocycles. The second kappa shape index (κ2) is 8.08. The standard InChI is InChI=1S/C12H26N2O/c1-11(2)15-10-4-8-14-12-5-3-7-13-9-6-12/h11-14H,3-10H2,1-2H3. The zero-order valence-corrected chi connectivity index (χ0v) is 10.2. The molecule has 1 rings (SSSR count). The van der Waals surface area contributed by atoms with Gasteiger partial charge >= 0.3 is 0 Å². The minimum atomic E-state index is 0.368. The number of hydrogen-bond acceptors (Lipinski definition) is 3. The Hall–Kier alpha value is -0.120. The highest BCUT2D eigenvalue weighted by atomic mass is 16.5. The van der Waals surface area contributed by atoms with Crippen LogP contribution >= 0.6 is 0 Å². The zero-order chi connectivity index (χ0) is 10.9. The maximum absolute atomic E-state index is 5.50. The molecular weight excluding hydrogens is 188 g/mol. The SMILES string of the molecule is CC(C)OCCCNC1CCCNCC1. The van der Waals surface area contributed by atoms with Gasteiger partial charge in [-0.2, -0.15) is 0 Å². The average Bonchev–Trinajstić information content (AvgIpc) is 2.45. The summed E-state index contributed by atoms with van der Waals surface area (Å²) in [6.07, 6.45) is 5.39. The third kappa shape index (κ3) is 6.88. The Balaban J connectivity index is 1.94. The molecule has 1 heterocycles. The molecule has 1 fully saturated rings. The van der Waals surface area contributed by atoms with E-state index >= 15 is 0 Å². The molecule has 3 nitrogen and oxygen atoms in total. The second-order valence-corrected chi connectivity index (χ2v) is 4.61. The highest BCUT2D eigenvalue weighted by Gasteiger charge is 2.10. The molecule has 1 unspecified atom stereocenters. The largest absolute Gasteiger partial charge is 0.379 e. The first-order chi connectivity index (χ1) is 7.29. The van der Waals surface area contributed by atoms with Crippen LogP contribution < -0.4 is 10.6 Å². The van der Waals surface area contributed by atoms with E-state index in [0.717, 1.165) is 25.6 Å². The van der Waals surface area contributed by atoms with Gasteiger partial charge in [-0.3, -0.25) is 0 Å². The Bertz CT molecular complexity index is 143. The van der Waals surface area contributed by atoms with Gasteiger partial charge in [0, 0.05) is 12.6 Å². The molecule has 3 heteroatoms. The van der Waals surface area contributed by atoms with Crippen molar-refractivity contribution in [1.29, 1.82) is 0 Å². The Morgan fingerprint density at radius 3 is 3.00 bits per heavy atom. The van der Waals surface area contributed by atoms with Gasteiger partial charge in [-0.1, -0.05) is 0 Å². The van der Waals surface area contributed by atoms with E-state index in [0.29, 0.717) is 6.10 Å². The van der Waals surface area contributed by atoms with Crippen LogP contribution in [0.4, 0.5) is 0 Å². The summed E-state index contributed by atoms with van der Waals surface area (Å²) in [5, 5.41) is 7.04. The van der Waals surface area contributed by atoms with Crippen LogP contribution in [0.2, 0.25) is 0 Å². The third-order valence-electron chi connectivity index (χ3n) is 2.78. The Morgan fingerprint density at radius 2 is 2.20 bits per heavy atom. The van der Waals surface area contributed by atoms with Crippen molar-refractivity contribution in [2.75, 3.05) is 26.2 Å². The molecule has 0 radical (unpaired) electrons. The van der Waals surface area contributed by atoms with Gasteiger partial charge in [0.1, 0.15) is 0 Å². The van der Waals surface area contributed by atoms with Gasteiger partial charge in [0.15, 0.2) is 0 Å². The summed E-state index contributed by atoms with van der Waals surface area (Å²) in [6, 6.07) is 0.721. The van der Waals surface area contributed by atoms with E-state index in [1.165, 1.54) is 32.4 Å². The maximum atomic E-state index is 5.50. The lowest BCUT2D eigenvalue weighted by molar-refractivity contribution is 0.0766. The predicted molar refractivity (Wildman–Crippen MR) is 64.2 cm³/mol. The minimum Gasteiger partial charge on any atom is -0.379 e. The van der Waals surface area contributed by atoms with Crippen LogP contribution in [0.1, 0.15) is 39.5 Å². The van der Waals surface area contributed by atoms with E-state index in [9.17, 15) is 0 Å². The van der Waals surface area contributed by atoms with Gasteiger partial charge in [-0.25, -0.2) is 0 Å². The third-order valence-corrected chi connectivity index (χ3v) is 2.78. The van der Waals surface area contributed by atoms with Crippen LogP contribution in [0, 0.1) is 0 Å². The van der Waals surface area contributed by atoms with E-state index < -0.39 is 0 Å². The quantitative estimate of drug-likeness (QED) is 0.658. The Morgan fingerprint density at radius 1 is 1.33 bits per heavy atom. The van der Waals surface area contributed by atoms with Crippen molar-refractivity contribution in [3.05, 3.63) is 0 Å². The first-order valence-corrected chi connectivity index (χ1v) is 6.34. The van der Waals surface area contributed by atoms with Gasteiger partial charge in [0.25, 0.3) is 0 Å². The lowest BCUT2D eigenvalue weighted by Gasteiger charge is -2.16. The van der Waals surface area contributed by atoms with Crippen LogP contribution in [0.5, 0.6) is 0 Å². The summed E-state index contributed by atoms with van der Waals surface area (Å²) >= 11 is 0. The zero-order valence-electron chi connectivity index (χ0n) is 10.2. The number of nitrogens with one attached hydrogen (secondary N) is 2. The van der Waals surface area contributed by atoms with Crippen molar-refractivity contribution >= 4 is 0 Å². The first-order valence-electron chi connectivity index (χ1n) is 6.34. The van der Waals surface area contributed by atoms with Gasteiger partial charge < -0.3 is 15.4 Å². The molecule has 2 N–H and O–H groups in total. The summed E-state index contributed by atoms with van der Waals surface area (Å²) in [5.41, 5.74) is 0. The van der Waals surface area contributed by atoms with Crippen LogP contribution in [-0.4, -0.2) is 38.4 Å². The molecule has 90 valence electrons. The Kier molecular flexibility index (Phi) is 6.98. The Labute approximate surface area is 94.0 Å². The molecule has 0 aliphatic carbocycles. The first kappa shape index (κ1) is 12.9. The number of ether oxygens (including phenoxy) is 1. The summed E-state index contributed by atoms with van der Waals surface area (Å²) in [4.78, 5) is 0. The molecule has 0 aromatic rings. The van der Waals surface area contributed by atoms with Crippen LogP contribution in [0.3, 0.4) is 0 Å². The van der Waals surface area contributed by atoms with Gasteiger partial charge in [0.2, 0.25) is 0 Å². The van der Waals surface area contributed by atoms with Crippen molar-refractivity contribution in [1.82, 2.24) is 10.6 Å². The van der Waals surface area contributed by atoms with Crippen LogP contribution in [-0.2, 0) is 4.74 Å². The van der Waals surface area contributed by atoms with Crippen LogP contribution in [0.15, 0.2) is 0 Å². The van der Waals surface area contributed by atoms with Gasteiger partial charge in [-0.05, 0) is 59.2 Å². The minimum absolute atomic E-state index is 0.368. The predicted octanol–water partition coefficient (Wildman–Crippen LogP) is 1.53. The molecule has 1 aliphatic heterocycles. The smallest absolute Gasteiger partial charge is 0.0518 e. The van der Waals surface area contributed by atoms with Gasteiger partial charge in [-0.15, -0.1) is 0 Å². The number of hydrogen-bond donors (Lipinski definition) is 2. The fourth-order valence-electron chi connectivity index (χ4n) is 1.92.